The molecule has 2 heterocycles. The normalized spacial score (nSPS) is 21.2. The minimum absolute atomic E-state index is 0.0564. The van der Waals surface area contributed by atoms with Crippen molar-refractivity contribution in [2.24, 2.45) is 5.41 Å². The number of likely N-dealkylation sites (tertiary alicyclic amines) is 1. The van der Waals surface area contributed by atoms with Gasteiger partial charge in [-0.15, -0.1) is 0 Å². The number of pyridine rings is 1. The molecule has 1 amide bonds. The molecular formula is C19H22F3N3O3. The summed E-state index contributed by atoms with van der Waals surface area (Å²) in [5.41, 5.74) is -1.92. The maximum atomic E-state index is 12.7. The van der Waals surface area contributed by atoms with Gasteiger partial charge in [-0.25, -0.2) is 9.78 Å². The Morgan fingerprint density at radius 1 is 1.36 bits per heavy atom. The Balaban J connectivity index is 1.59. The minimum Gasteiger partial charge on any atom is -0.487 e. The summed E-state index contributed by atoms with van der Waals surface area (Å²) < 4.78 is 49.4. The van der Waals surface area contributed by atoms with Crippen LogP contribution in [-0.4, -0.2) is 40.8 Å². The molecule has 0 N–H and O–H groups in total. The highest BCUT2D eigenvalue weighted by atomic mass is 19.4. The van der Waals surface area contributed by atoms with Crippen LogP contribution in [0, 0.1) is 16.7 Å². The lowest BCUT2D eigenvalue weighted by Crippen LogP contribution is -2.58. The Labute approximate surface area is 161 Å². The number of hydrogen-bond acceptors (Lipinski definition) is 5. The molecule has 1 spiro atoms. The first kappa shape index (κ1) is 20.2. The molecule has 1 aliphatic carbocycles. The van der Waals surface area contributed by atoms with Gasteiger partial charge in [0.15, 0.2) is 5.75 Å². The fraction of sp³-hybridized carbons (Fsp3) is 0.632. The second-order valence-corrected chi connectivity index (χ2v) is 8.49. The molecule has 0 aromatic carbocycles. The number of halogens is 3. The molecule has 1 saturated heterocycles. The summed E-state index contributed by atoms with van der Waals surface area (Å²) in [6.07, 6.45) is -2.02. The van der Waals surface area contributed by atoms with Crippen LogP contribution in [0.3, 0.4) is 0 Å². The van der Waals surface area contributed by atoms with Crippen LogP contribution in [-0.2, 0) is 10.9 Å². The number of rotatable bonds is 2. The van der Waals surface area contributed by atoms with Crippen molar-refractivity contribution in [3.8, 4) is 11.8 Å². The number of hydrogen-bond donors (Lipinski definition) is 0. The summed E-state index contributed by atoms with van der Waals surface area (Å²) in [6, 6.07) is 2.44. The Hall–Kier alpha value is -2.50. The number of nitrogens with zero attached hydrogens (tertiary/aromatic N) is 3. The summed E-state index contributed by atoms with van der Waals surface area (Å²) in [5, 5.41) is 9.15. The van der Waals surface area contributed by atoms with Crippen LogP contribution in [0.1, 0.15) is 51.3 Å². The van der Waals surface area contributed by atoms with Crippen molar-refractivity contribution in [2.45, 2.75) is 57.9 Å². The molecule has 2 fully saturated rings. The van der Waals surface area contributed by atoms with Gasteiger partial charge in [-0.2, -0.15) is 18.4 Å². The van der Waals surface area contributed by atoms with Gasteiger partial charge < -0.3 is 14.4 Å². The lowest BCUT2D eigenvalue weighted by molar-refractivity contribution is -0.141. The van der Waals surface area contributed by atoms with Crippen LogP contribution < -0.4 is 4.74 Å². The molecule has 1 atom stereocenters. The third-order valence-electron chi connectivity index (χ3n) is 4.93. The largest absolute Gasteiger partial charge is 0.487 e. The molecule has 2 aliphatic rings. The van der Waals surface area contributed by atoms with Gasteiger partial charge in [0.2, 0.25) is 0 Å². The predicted octanol–water partition coefficient (Wildman–Crippen LogP) is 4.14. The van der Waals surface area contributed by atoms with Gasteiger partial charge in [-0.05, 0) is 46.1 Å². The first-order valence-electron chi connectivity index (χ1n) is 9.03. The number of carbonyl (C=O) groups is 1. The van der Waals surface area contributed by atoms with Crippen LogP contribution >= 0.6 is 0 Å². The smallest absolute Gasteiger partial charge is 0.433 e. The van der Waals surface area contributed by atoms with Crippen molar-refractivity contribution < 1.29 is 27.4 Å². The average molecular weight is 397 g/mol. The van der Waals surface area contributed by atoms with Crippen molar-refractivity contribution in [1.82, 2.24) is 9.88 Å². The van der Waals surface area contributed by atoms with Gasteiger partial charge in [-0.1, -0.05) is 0 Å². The van der Waals surface area contributed by atoms with Crippen LogP contribution in [0.4, 0.5) is 18.0 Å². The van der Waals surface area contributed by atoms with Crippen molar-refractivity contribution in [3.05, 3.63) is 23.5 Å². The third-order valence-corrected chi connectivity index (χ3v) is 4.93. The molecule has 0 unspecified atom stereocenters. The Morgan fingerprint density at radius 2 is 2.04 bits per heavy atom. The van der Waals surface area contributed by atoms with Gasteiger partial charge in [0.25, 0.3) is 0 Å². The van der Waals surface area contributed by atoms with E-state index in [1.165, 1.54) is 0 Å². The Kier molecular flexibility index (Phi) is 4.94. The molecule has 1 aromatic heterocycles. The quantitative estimate of drug-likeness (QED) is 0.750. The topological polar surface area (TPSA) is 75.4 Å². The van der Waals surface area contributed by atoms with Gasteiger partial charge in [0.1, 0.15) is 17.4 Å². The number of aromatic nitrogens is 1. The molecule has 0 radical (unpaired) electrons. The molecule has 6 nitrogen and oxygen atoms in total. The zero-order valence-electron chi connectivity index (χ0n) is 16.0. The van der Waals surface area contributed by atoms with Crippen LogP contribution in [0.5, 0.6) is 5.75 Å². The summed E-state index contributed by atoms with van der Waals surface area (Å²) >= 11 is 0. The third kappa shape index (κ3) is 4.32. The second kappa shape index (κ2) is 6.83. The lowest BCUT2D eigenvalue weighted by atomic mass is 9.78. The number of carbonyl (C=O) groups excluding carboxylic acids is 1. The number of amides is 1. The molecule has 1 aromatic rings. The van der Waals surface area contributed by atoms with Crippen molar-refractivity contribution >= 4 is 6.09 Å². The van der Waals surface area contributed by atoms with Crippen LogP contribution in [0.15, 0.2) is 12.3 Å². The minimum atomic E-state index is -4.61. The molecule has 1 saturated carbocycles. The maximum absolute atomic E-state index is 12.7. The van der Waals surface area contributed by atoms with E-state index in [2.05, 4.69) is 4.98 Å². The standard InChI is InChI=1S/C19H22F3N3O3/c1-17(2,3)28-16(26)25-10-18(11-25)5-4-13(7-18)27-14-9-24-15(19(20,21)22)6-12(14)8-23/h6,9,13H,4-5,7,10-11H2,1-3H3/t13-/m0/s1. The molecule has 28 heavy (non-hydrogen) atoms. The van der Waals surface area contributed by atoms with Crippen molar-refractivity contribution in [2.75, 3.05) is 13.1 Å². The van der Waals surface area contributed by atoms with E-state index < -0.39 is 17.5 Å². The van der Waals surface area contributed by atoms with Gasteiger partial charge in [0.05, 0.1) is 17.9 Å². The van der Waals surface area contributed by atoms with E-state index in [0.717, 1.165) is 12.6 Å². The molecular weight excluding hydrogens is 375 g/mol. The average Bonchev–Trinajstić information content (AvgIpc) is 2.95. The van der Waals surface area contributed by atoms with E-state index in [9.17, 15) is 18.0 Å². The van der Waals surface area contributed by atoms with Gasteiger partial charge in [0, 0.05) is 18.5 Å². The zero-order chi connectivity index (χ0) is 20.7. The fourth-order valence-electron chi connectivity index (χ4n) is 3.72. The highest BCUT2D eigenvalue weighted by molar-refractivity contribution is 5.69. The summed E-state index contributed by atoms with van der Waals surface area (Å²) in [4.78, 5) is 17.1. The van der Waals surface area contributed by atoms with Crippen LogP contribution in [0.25, 0.3) is 0 Å². The Bertz CT molecular complexity index is 805. The van der Waals surface area contributed by atoms with E-state index in [-0.39, 0.29) is 28.9 Å². The van der Waals surface area contributed by atoms with E-state index in [4.69, 9.17) is 14.7 Å². The monoisotopic (exact) mass is 397 g/mol. The molecule has 0 bridgehead atoms. The van der Waals surface area contributed by atoms with Crippen molar-refractivity contribution in [3.63, 3.8) is 0 Å². The predicted molar refractivity (Wildman–Crippen MR) is 92.5 cm³/mol. The molecule has 1 aliphatic heterocycles. The highest BCUT2D eigenvalue weighted by Crippen LogP contribution is 2.47. The molecule has 9 heteroatoms. The van der Waals surface area contributed by atoms with Gasteiger partial charge >= 0.3 is 12.3 Å². The van der Waals surface area contributed by atoms with Crippen LogP contribution in [0.2, 0.25) is 0 Å². The van der Waals surface area contributed by atoms with Crippen molar-refractivity contribution in [1.29, 1.82) is 5.26 Å². The highest BCUT2D eigenvalue weighted by Gasteiger charge is 2.51. The van der Waals surface area contributed by atoms with E-state index >= 15 is 0 Å². The maximum Gasteiger partial charge on any atom is 0.433 e. The van der Waals surface area contributed by atoms with E-state index in [0.29, 0.717) is 32.0 Å². The van der Waals surface area contributed by atoms with E-state index in [1.54, 1.807) is 11.0 Å². The SMILES string of the molecule is CC(C)(C)OC(=O)N1CC2(CC[C@H](Oc3cnc(C(F)(F)F)cc3C#N)C2)C1. The number of alkyl halides is 3. The van der Waals surface area contributed by atoms with Gasteiger partial charge in [-0.3, -0.25) is 0 Å². The summed E-state index contributed by atoms with van der Waals surface area (Å²) in [7, 11) is 0. The first-order valence-corrected chi connectivity index (χ1v) is 9.03. The molecule has 152 valence electrons. The number of nitriles is 1. The fourth-order valence-corrected chi connectivity index (χ4v) is 3.72. The second-order valence-electron chi connectivity index (χ2n) is 8.49. The summed E-state index contributed by atoms with van der Waals surface area (Å²) in [5.74, 6) is 0.0564. The lowest BCUT2D eigenvalue weighted by Gasteiger charge is -2.48. The zero-order valence-corrected chi connectivity index (χ0v) is 16.0. The first-order chi connectivity index (χ1) is 12.9. The molecule has 3 rings (SSSR count). The summed E-state index contributed by atoms with van der Waals surface area (Å²) in [6.45, 7) is 6.57. The Morgan fingerprint density at radius 3 is 2.61 bits per heavy atom. The number of ether oxygens (including phenoxy) is 2. The van der Waals surface area contributed by atoms with E-state index in [1.807, 2.05) is 20.8 Å².